The van der Waals surface area contributed by atoms with Crippen LogP contribution in [0.3, 0.4) is 0 Å². The summed E-state index contributed by atoms with van der Waals surface area (Å²) in [6, 6.07) is 2.11. The van der Waals surface area contributed by atoms with E-state index in [0.717, 1.165) is 12.8 Å². The molecule has 2 heteroatoms. The van der Waals surface area contributed by atoms with E-state index in [1.165, 1.54) is 19.3 Å². The van der Waals surface area contributed by atoms with Crippen molar-refractivity contribution in [3.8, 4) is 6.07 Å². The summed E-state index contributed by atoms with van der Waals surface area (Å²) >= 11 is 0. The van der Waals surface area contributed by atoms with Crippen molar-refractivity contribution in [2.24, 2.45) is 11.8 Å². The third-order valence-corrected chi connectivity index (χ3v) is 2.79. The molecule has 0 aromatic carbocycles. The van der Waals surface area contributed by atoms with Gasteiger partial charge in [0, 0.05) is 12.3 Å². The maximum atomic E-state index is 11.6. The van der Waals surface area contributed by atoms with E-state index in [1.807, 2.05) is 6.92 Å². The molecule has 0 bridgehead atoms. The fraction of sp³-hybridized carbons (Fsp3) is 0.818. The van der Waals surface area contributed by atoms with E-state index in [-0.39, 0.29) is 11.8 Å². The molecular formula is C11H17NO. The smallest absolute Gasteiger partial charge is 0.137 e. The van der Waals surface area contributed by atoms with Crippen LogP contribution in [0.1, 0.15) is 45.4 Å². The molecule has 1 rings (SSSR count). The number of Topliss-reactive ketones (excluding diaryl/α,β-unsaturated/α-hetero) is 1. The van der Waals surface area contributed by atoms with Crippen molar-refractivity contribution >= 4 is 5.78 Å². The van der Waals surface area contributed by atoms with Gasteiger partial charge in [-0.3, -0.25) is 4.79 Å². The first-order valence-corrected chi connectivity index (χ1v) is 5.16. The summed E-state index contributed by atoms with van der Waals surface area (Å²) in [6.45, 7) is 1.82. The highest BCUT2D eigenvalue weighted by molar-refractivity contribution is 5.81. The zero-order valence-corrected chi connectivity index (χ0v) is 8.25. The van der Waals surface area contributed by atoms with Gasteiger partial charge in [-0.15, -0.1) is 0 Å². The van der Waals surface area contributed by atoms with Crippen LogP contribution < -0.4 is 0 Å². The molecule has 1 atom stereocenters. The summed E-state index contributed by atoms with van der Waals surface area (Å²) in [7, 11) is 0. The Morgan fingerprint density at radius 2 is 2.08 bits per heavy atom. The second kappa shape index (κ2) is 5.01. The van der Waals surface area contributed by atoms with Gasteiger partial charge in [0.15, 0.2) is 0 Å². The lowest BCUT2D eigenvalue weighted by molar-refractivity contribution is -0.124. The Balaban J connectivity index is 2.34. The minimum absolute atomic E-state index is 0.102. The van der Waals surface area contributed by atoms with Gasteiger partial charge in [-0.25, -0.2) is 0 Å². The molecule has 1 fully saturated rings. The molecule has 0 aromatic rings. The first-order valence-electron chi connectivity index (χ1n) is 5.16. The average Bonchev–Trinajstić information content (AvgIpc) is 2.19. The molecule has 0 spiro atoms. The van der Waals surface area contributed by atoms with E-state index < -0.39 is 0 Å². The maximum absolute atomic E-state index is 11.6. The number of hydrogen-bond donors (Lipinski definition) is 0. The number of carbonyl (C=O) groups excluding carboxylic acids is 1. The fourth-order valence-electron chi connectivity index (χ4n) is 1.94. The van der Waals surface area contributed by atoms with Crippen molar-refractivity contribution in [1.82, 2.24) is 0 Å². The normalized spacial score (nSPS) is 20.6. The third-order valence-electron chi connectivity index (χ3n) is 2.79. The Morgan fingerprint density at radius 1 is 1.46 bits per heavy atom. The van der Waals surface area contributed by atoms with E-state index >= 15 is 0 Å². The first-order chi connectivity index (χ1) is 6.24. The standard InChI is InChI=1S/C11H17NO/c1-9(8-12)7-11(13)10-5-3-2-4-6-10/h9-10H,2-7H2,1H3. The Labute approximate surface area is 79.9 Å². The Bertz CT molecular complexity index is 211. The quantitative estimate of drug-likeness (QED) is 0.668. The Morgan fingerprint density at radius 3 is 2.62 bits per heavy atom. The molecule has 1 aliphatic rings. The van der Waals surface area contributed by atoms with Crippen molar-refractivity contribution in [3.63, 3.8) is 0 Å². The minimum Gasteiger partial charge on any atom is -0.299 e. The molecule has 0 saturated heterocycles. The van der Waals surface area contributed by atoms with Gasteiger partial charge >= 0.3 is 0 Å². The maximum Gasteiger partial charge on any atom is 0.137 e. The summed E-state index contributed by atoms with van der Waals surface area (Å²) in [4.78, 5) is 11.6. The molecule has 2 nitrogen and oxygen atoms in total. The van der Waals surface area contributed by atoms with Gasteiger partial charge in [0.25, 0.3) is 0 Å². The Kier molecular flexibility index (Phi) is 3.95. The molecule has 13 heavy (non-hydrogen) atoms. The predicted octanol–water partition coefficient (Wildman–Crippen LogP) is 2.69. The van der Waals surface area contributed by atoms with E-state index in [9.17, 15) is 4.79 Å². The second-order valence-electron chi connectivity index (χ2n) is 4.04. The monoisotopic (exact) mass is 179 g/mol. The van der Waals surface area contributed by atoms with Gasteiger partial charge in [-0.1, -0.05) is 19.3 Å². The summed E-state index contributed by atoms with van der Waals surface area (Å²) in [5.74, 6) is 0.479. The number of hydrogen-bond acceptors (Lipinski definition) is 2. The van der Waals surface area contributed by atoms with Gasteiger partial charge in [0.2, 0.25) is 0 Å². The van der Waals surface area contributed by atoms with Crippen LogP contribution in [0.4, 0.5) is 0 Å². The van der Waals surface area contributed by atoms with Crippen LogP contribution in [0.15, 0.2) is 0 Å². The van der Waals surface area contributed by atoms with E-state index in [2.05, 4.69) is 6.07 Å². The number of ketones is 1. The predicted molar refractivity (Wildman–Crippen MR) is 51.0 cm³/mol. The summed E-state index contributed by atoms with van der Waals surface area (Å²) in [6.07, 6.45) is 6.22. The molecule has 72 valence electrons. The zero-order valence-electron chi connectivity index (χ0n) is 8.25. The summed E-state index contributed by atoms with van der Waals surface area (Å²) in [5.41, 5.74) is 0. The number of carbonyl (C=O) groups is 1. The van der Waals surface area contributed by atoms with Crippen molar-refractivity contribution in [3.05, 3.63) is 0 Å². The molecular weight excluding hydrogens is 162 g/mol. The third kappa shape index (κ3) is 3.18. The fourth-order valence-corrected chi connectivity index (χ4v) is 1.94. The molecule has 1 unspecified atom stereocenters. The van der Waals surface area contributed by atoms with Crippen LogP contribution in [0.5, 0.6) is 0 Å². The van der Waals surface area contributed by atoms with Crippen LogP contribution in [-0.2, 0) is 4.79 Å². The molecule has 0 heterocycles. The lowest BCUT2D eigenvalue weighted by atomic mass is 9.83. The highest BCUT2D eigenvalue weighted by Gasteiger charge is 2.22. The summed E-state index contributed by atoms with van der Waals surface area (Å²) < 4.78 is 0. The van der Waals surface area contributed by atoms with Crippen LogP contribution in [0.2, 0.25) is 0 Å². The van der Waals surface area contributed by atoms with E-state index in [4.69, 9.17) is 5.26 Å². The first kappa shape index (κ1) is 10.2. The van der Waals surface area contributed by atoms with Crippen LogP contribution in [0.25, 0.3) is 0 Å². The molecule has 1 aliphatic carbocycles. The number of nitrogens with zero attached hydrogens (tertiary/aromatic N) is 1. The molecule has 0 amide bonds. The Hall–Kier alpha value is -0.840. The van der Waals surface area contributed by atoms with Gasteiger partial charge in [-0.05, 0) is 19.8 Å². The molecule has 1 saturated carbocycles. The topological polar surface area (TPSA) is 40.9 Å². The molecule has 0 aliphatic heterocycles. The van der Waals surface area contributed by atoms with Crippen LogP contribution >= 0.6 is 0 Å². The number of nitriles is 1. The van der Waals surface area contributed by atoms with Gasteiger partial charge in [0.1, 0.15) is 5.78 Å². The lowest BCUT2D eigenvalue weighted by Gasteiger charge is -2.20. The lowest BCUT2D eigenvalue weighted by Crippen LogP contribution is -2.19. The van der Waals surface area contributed by atoms with Gasteiger partial charge in [-0.2, -0.15) is 5.26 Å². The van der Waals surface area contributed by atoms with Gasteiger partial charge < -0.3 is 0 Å². The van der Waals surface area contributed by atoms with Crippen LogP contribution in [0, 0.1) is 23.2 Å². The van der Waals surface area contributed by atoms with E-state index in [0.29, 0.717) is 12.2 Å². The largest absolute Gasteiger partial charge is 0.299 e. The molecule has 0 N–H and O–H groups in total. The average molecular weight is 179 g/mol. The molecule has 0 aromatic heterocycles. The van der Waals surface area contributed by atoms with Gasteiger partial charge in [0.05, 0.1) is 12.0 Å². The summed E-state index contributed by atoms with van der Waals surface area (Å²) in [5, 5.41) is 8.58. The van der Waals surface area contributed by atoms with E-state index in [1.54, 1.807) is 0 Å². The van der Waals surface area contributed by atoms with Crippen LogP contribution in [-0.4, -0.2) is 5.78 Å². The minimum atomic E-state index is -0.102. The highest BCUT2D eigenvalue weighted by atomic mass is 16.1. The van der Waals surface area contributed by atoms with Crippen molar-refractivity contribution in [1.29, 1.82) is 5.26 Å². The SMILES string of the molecule is CC(C#N)CC(=O)C1CCCCC1. The molecule has 0 radical (unpaired) electrons. The highest BCUT2D eigenvalue weighted by Crippen LogP contribution is 2.26. The second-order valence-corrected chi connectivity index (χ2v) is 4.04. The van der Waals surface area contributed by atoms with Crippen molar-refractivity contribution < 1.29 is 4.79 Å². The number of rotatable bonds is 3. The van der Waals surface area contributed by atoms with Crippen molar-refractivity contribution in [2.45, 2.75) is 45.4 Å². The zero-order chi connectivity index (χ0) is 9.68. The van der Waals surface area contributed by atoms with Crippen molar-refractivity contribution in [2.75, 3.05) is 0 Å².